The van der Waals surface area contributed by atoms with Gasteiger partial charge < -0.3 is 9.15 Å². The number of rotatable bonds is 4. The van der Waals surface area contributed by atoms with Crippen LogP contribution < -0.4 is 15.1 Å². The minimum absolute atomic E-state index is 0.0329. The summed E-state index contributed by atoms with van der Waals surface area (Å²) in [4.78, 5) is 34.4. The van der Waals surface area contributed by atoms with E-state index in [4.69, 9.17) is 20.8 Å². The van der Waals surface area contributed by atoms with E-state index in [-0.39, 0.29) is 28.8 Å². The first-order valence-corrected chi connectivity index (χ1v) is 11.7. The van der Waals surface area contributed by atoms with Crippen LogP contribution in [0.15, 0.2) is 51.7 Å². The largest absolute Gasteiger partial charge is 0.491 e. The number of aryl methyl sites for hydroxylation is 2. The first-order chi connectivity index (χ1) is 15.7. The fourth-order valence-corrected chi connectivity index (χ4v) is 5.13. The van der Waals surface area contributed by atoms with E-state index < -0.39 is 6.04 Å². The summed E-state index contributed by atoms with van der Waals surface area (Å²) in [6.45, 7) is 7.76. The molecule has 3 heterocycles. The maximum atomic E-state index is 13.6. The predicted octanol–water partition coefficient (Wildman–Crippen LogP) is 6.06. The smallest absolute Gasteiger partial charge is 0.297 e. The number of amides is 1. The molecule has 0 N–H and O–H groups in total. The Labute approximate surface area is 199 Å². The van der Waals surface area contributed by atoms with Crippen LogP contribution in [0.1, 0.15) is 52.1 Å². The highest BCUT2D eigenvalue weighted by atomic mass is 35.5. The molecule has 0 aliphatic carbocycles. The van der Waals surface area contributed by atoms with Gasteiger partial charge in [-0.15, -0.1) is 11.3 Å². The number of nitrogens with zero attached hydrogens (tertiary/aromatic N) is 2. The van der Waals surface area contributed by atoms with Crippen LogP contribution >= 0.6 is 22.9 Å². The zero-order chi connectivity index (χ0) is 23.4. The third-order valence-electron chi connectivity index (χ3n) is 5.62. The molecule has 0 bridgehead atoms. The molecule has 0 fully saturated rings. The van der Waals surface area contributed by atoms with Gasteiger partial charge >= 0.3 is 0 Å². The highest BCUT2D eigenvalue weighted by Crippen LogP contribution is 2.43. The van der Waals surface area contributed by atoms with Gasteiger partial charge in [0.25, 0.3) is 5.91 Å². The van der Waals surface area contributed by atoms with E-state index in [0.717, 1.165) is 16.1 Å². The van der Waals surface area contributed by atoms with Crippen LogP contribution in [0.5, 0.6) is 5.75 Å². The zero-order valence-electron chi connectivity index (χ0n) is 18.5. The molecule has 8 heteroatoms. The minimum Gasteiger partial charge on any atom is -0.491 e. The molecule has 0 saturated heterocycles. The second-order valence-corrected chi connectivity index (χ2v) is 9.88. The Morgan fingerprint density at radius 1 is 1.12 bits per heavy atom. The summed E-state index contributed by atoms with van der Waals surface area (Å²) in [5.41, 5.74) is 1.94. The standard InChI is InChI=1S/C25H21ClN2O4S/c1-12(2)31-17-8-5-15(6-9-17)21-20-22(29)18-11-16(26)7-10-19(18)32-23(20)24(30)28(21)25-27-13(3)14(4)33-25/h5-12,21H,1-4H3. The van der Waals surface area contributed by atoms with Crippen molar-refractivity contribution < 1.29 is 13.9 Å². The number of hydrogen-bond donors (Lipinski definition) is 0. The van der Waals surface area contributed by atoms with Gasteiger partial charge in [-0.3, -0.25) is 14.5 Å². The minimum atomic E-state index is -0.676. The number of benzene rings is 2. The van der Waals surface area contributed by atoms with Gasteiger partial charge in [-0.05, 0) is 63.6 Å². The van der Waals surface area contributed by atoms with Crippen LogP contribution in [0.4, 0.5) is 5.13 Å². The Bertz CT molecular complexity index is 1440. The lowest BCUT2D eigenvalue weighted by Gasteiger charge is -2.23. The average Bonchev–Trinajstić information content (AvgIpc) is 3.25. The van der Waals surface area contributed by atoms with E-state index in [1.807, 2.05) is 52.0 Å². The molecule has 1 amide bonds. The van der Waals surface area contributed by atoms with Gasteiger partial charge in [0, 0.05) is 9.90 Å². The normalized spacial score (nSPS) is 15.5. The Balaban J connectivity index is 1.74. The Morgan fingerprint density at radius 2 is 1.85 bits per heavy atom. The number of thiazole rings is 1. The molecule has 0 saturated carbocycles. The fraction of sp³-hybridized carbons (Fsp3) is 0.240. The molecule has 1 aliphatic rings. The highest BCUT2D eigenvalue weighted by Gasteiger charge is 2.45. The third kappa shape index (κ3) is 3.61. The second-order valence-electron chi connectivity index (χ2n) is 8.27. The molecule has 6 nitrogen and oxygen atoms in total. The van der Waals surface area contributed by atoms with Crippen molar-refractivity contribution in [3.8, 4) is 5.75 Å². The summed E-state index contributed by atoms with van der Waals surface area (Å²) in [6, 6.07) is 11.6. The number of halogens is 1. The molecular formula is C25H21ClN2O4S. The molecule has 0 radical (unpaired) electrons. The van der Waals surface area contributed by atoms with E-state index >= 15 is 0 Å². The maximum Gasteiger partial charge on any atom is 0.297 e. The van der Waals surface area contributed by atoms with Gasteiger partial charge in [-0.1, -0.05) is 23.7 Å². The van der Waals surface area contributed by atoms with Crippen LogP contribution in [0, 0.1) is 13.8 Å². The van der Waals surface area contributed by atoms with Crippen LogP contribution in [0.3, 0.4) is 0 Å². The predicted molar refractivity (Wildman–Crippen MR) is 130 cm³/mol. The maximum absolute atomic E-state index is 13.6. The zero-order valence-corrected chi connectivity index (χ0v) is 20.1. The third-order valence-corrected chi connectivity index (χ3v) is 6.93. The number of carbonyl (C=O) groups excluding carboxylic acids is 1. The van der Waals surface area contributed by atoms with Crippen molar-refractivity contribution in [1.82, 2.24) is 4.98 Å². The lowest BCUT2D eigenvalue weighted by molar-refractivity contribution is 0.0971. The van der Waals surface area contributed by atoms with Gasteiger partial charge in [0.05, 0.1) is 28.8 Å². The van der Waals surface area contributed by atoms with E-state index in [9.17, 15) is 9.59 Å². The summed E-state index contributed by atoms with van der Waals surface area (Å²) in [7, 11) is 0. The number of aromatic nitrogens is 1. The monoisotopic (exact) mass is 480 g/mol. The Hall–Kier alpha value is -3.16. The van der Waals surface area contributed by atoms with Gasteiger partial charge in [0.2, 0.25) is 5.76 Å². The topological polar surface area (TPSA) is 72.6 Å². The van der Waals surface area contributed by atoms with Gasteiger partial charge in [0.1, 0.15) is 11.3 Å². The van der Waals surface area contributed by atoms with E-state index in [2.05, 4.69) is 4.98 Å². The van der Waals surface area contributed by atoms with Crippen molar-refractivity contribution in [3.05, 3.63) is 85.2 Å². The molecule has 168 valence electrons. The molecule has 5 rings (SSSR count). The summed E-state index contributed by atoms with van der Waals surface area (Å²) in [5, 5.41) is 1.29. The van der Waals surface area contributed by atoms with Crippen molar-refractivity contribution in [3.63, 3.8) is 0 Å². The Morgan fingerprint density at radius 3 is 2.48 bits per heavy atom. The average molecular weight is 481 g/mol. The molecule has 1 unspecified atom stereocenters. The first kappa shape index (κ1) is 21.7. The molecule has 1 atom stereocenters. The molecule has 0 spiro atoms. The quantitative estimate of drug-likeness (QED) is 0.355. The molecular weight excluding hydrogens is 460 g/mol. The number of carbonyl (C=O) groups is 1. The molecule has 2 aromatic heterocycles. The SMILES string of the molecule is Cc1nc(N2C(=O)c3oc4ccc(Cl)cc4c(=O)c3C2c2ccc(OC(C)C)cc2)sc1C. The van der Waals surface area contributed by atoms with Crippen molar-refractivity contribution in [2.45, 2.75) is 39.8 Å². The number of ether oxygens (including phenoxy) is 1. The van der Waals surface area contributed by atoms with E-state index in [0.29, 0.717) is 26.9 Å². The summed E-state index contributed by atoms with van der Waals surface area (Å²) in [6.07, 6.45) is 0.0329. The van der Waals surface area contributed by atoms with Crippen molar-refractivity contribution in [2.75, 3.05) is 4.90 Å². The summed E-state index contributed by atoms with van der Waals surface area (Å²) >= 11 is 7.56. The van der Waals surface area contributed by atoms with Crippen LogP contribution in [0.2, 0.25) is 5.02 Å². The van der Waals surface area contributed by atoms with Crippen molar-refractivity contribution in [1.29, 1.82) is 0 Å². The van der Waals surface area contributed by atoms with Crippen LogP contribution in [-0.4, -0.2) is 17.0 Å². The fourth-order valence-electron chi connectivity index (χ4n) is 4.02. The van der Waals surface area contributed by atoms with Crippen molar-refractivity contribution >= 4 is 44.9 Å². The second kappa shape index (κ2) is 8.01. The molecule has 33 heavy (non-hydrogen) atoms. The van der Waals surface area contributed by atoms with Gasteiger partial charge in [-0.2, -0.15) is 0 Å². The lowest BCUT2D eigenvalue weighted by atomic mass is 9.98. The molecule has 2 aromatic carbocycles. The number of anilines is 1. The number of fused-ring (bicyclic) bond motifs is 2. The van der Waals surface area contributed by atoms with E-state index in [1.54, 1.807) is 23.1 Å². The summed E-state index contributed by atoms with van der Waals surface area (Å²) in [5.74, 6) is 0.358. The molecule has 1 aliphatic heterocycles. The summed E-state index contributed by atoms with van der Waals surface area (Å²) < 4.78 is 11.7. The van der Waals surface area contributed by atoms with E-state index in [1.165, 1.54) is 11.3 Å². The Kier molecular flexibility index (Phi) is 5.26. The number of hydrogen-bond acceptors (Lipinski definition) is 6. The lowest BCUT2D eigenvalue weighted by Crippen LogP contribution is -2.29. The molecule has 4 aromatic rings. The first-order valence-electron chi connectivity index (χ1n) is 10.5. The highest BCUT2D eigenvalue weighted by molar-refractivity contribution is 7.15. The van der Waals surface area contributed by atoms with Crippen LogP contribution in [0.25, 0.3) is 11.0 Å². The van der Waals surface area contributed by atoms with Crippen molar-refractivity contribution in [2.24, 2.45) is 0 Å². The van der Waals surface area contributed by atoms with Gasteiger partial charge in [0.15, 0.2) is 10.6 Å². The van der Waals surface area contributed by atoms with Crippen LogP contribution in [-0.2, 0) is 0 Å². The van der Waals surface area contributed by atoms with Gasteiger partial charge in [-0.25, -0.2) is 4.98 Å².